The van der Waals surface area contributed by atoms with Crippen molar-refractivity contribution in [2.45, 2.75) is 52.7 Å². The number of hydrogen-bond donors (Lipinski definition) is 0. The monoisotopic (exact) mass is 463 g/mol. The smallest absolute Gasteiger partial charge is 0.253 e. The molecular weight excluding hydrogens is 422 g/mol. The Morgan fingerprint density at radius 3 is 2.38 bits per heavy atom. The standard InChI is InChI=1S/C29H41N3O2/c1-7-10-18-31-20-23(5)32(21-22(31)4)28(26-12-11-13-27(19-26)34-6)24-14-16-25(17-15-24)29(33)30(8-2)9-3/h7,10-17,19,22-23,28H,8-9,18,20-21H2,1-6H3/b10-7+/t22-,23+,28-/m1/s1. The summed E-state index contributed by atoms with van der Waals surface area (Å²) in [5, 5.41) is 0. The predicted molar refractivity (Wildman–Crippen MR) is 141 cm³/mol. The number of benzene rings is 2. The van der Waals surface area contributed by atoms with Crippen LogP contribution in [-0.4, -0.2) is 72.5 Å². The lowest BCUT2D eigenvalue weighted by Gasteiger charge is -2.47. The summed E-state index contributed by atoms with van der Waals surface area (Å²) in [6, 6.07) is 17.5. The van der Waals surface area contributed by atoms with Gasteiger partial charge in [-0.25, -0.2) is 0 Å². The molecule has 0 bridgehead atoms. The maximum absolute atomic E-state index is 12.8. The summed E-state index contributed by atoms with van der Waals surface area (Å²) < 4.78 is 5.55. The SMILES string of the molecule is C/C=C/CN1C[C@H](C)N([C@H](c2ccc(C(=O)N(CC)CC)cc2)c2cccc(OC)c2)C[C@H]1C. The Kier molecular flexibility index (Phi) is 9.31. The quantitative estimate of drug-likeness (QED) is 0.477. The first kappa shape index (κ1) is 26.0. The molecule has 2 aromatic carbocycles. The van der Waals surface area contributed by atoms with Crippen molar-refractivity contribution in [3.63, 3.8) is 0 Å². The van der Waals surface area contributed by atoms with E-state index in [1.54, 1.807) is 7.11 Å². The second-order valence-electron chi connectivity index (χ2n) is 9.20. The molecule has 5 heteroatoms. The molecule has 3 rings (SSSR count). The molecule has 184 valence electrons. The zero-order chi connectivity index (χ0) is 24.7. The Balaban J connectivity index is 1.96. The second-order valence-corrected chi connectivity index (χ2v) is 9.20. The van der Waals surface area contributed by atoms with Crippen LogP contribution in [0.3, 0.4) is 0 Å². The van der Waals surface area contributed by atoms with Gasteiger partial charge in [0.25, 0.3) is 5.91 Å². The Morgan fingerprint density at radius 2 is 1.76 bits per heavy atom. The van der Waals surface area contributed by atoms with Crippen LogP contribution in [0.1, 0.15) is 62.1 Å². The minimum absolute atomic E-state index is 0.0917. The molecule has 1 amide bonds. The average Bonchev–Trinajstić information content (AvgIpc) is 2.86. The molecule has 2 aromatic rings. The summed E-state index contributed by atoms with van der Waals surface area (Å²) in [7, 11) is 1.71. The van der Waals surface area contributed by atoms with E-state index < -0.39 is 0 Å². The van der Waals surface area contributed by atoms with Crippen molar-refractivity contribution in [1.29, 1.82) is 0 Å². The number of carbonyl (C=O) groups excluding carboxylic acids is 1. The Morgan fingerprint density at radius 1 is 1.06 bits per heavy atom. The van der Waals surface area contributed by atoms with E-state index in [0.29, 0.717) is 12.1 Å². The van der Waals surface area contributed by atoms with E-state index in [4.69, 9.17) is 4.74 Å². The maximum Gasteiger partial charge on any atom is 0.253 e. The van der Waals surface area contributed by atoms with Crippen LogP contribution in [0.4, 0.5) is 0 Å². The molecule has 1 aliphatic rings. The minimum atomic E-state index is 0.0917. The number of methoxy groups -OCH3 is 1. The molecule has 0 aromatic heterocycles. The number of hydrogen-bond acceptors (Lipinski definition) is 4. The number of piperazine rings is 1. The first-order valence-corrected chi connectivity index (χ1v) is 12.6. The fourth-order valence-corrected chi connectivity index (χ4v) is 4.97. The summed E-state index contributed by atoms with van der Waals surface area (Å²) in [5.41, 5.74) is 3.16. The second kappa shape index (κ2) is 12.2. The van der Waals surface area contributed by atoms with Crippen molar-refractivity contribution >= 4 is 5.91 Å². The van der Waals surface area contributed by atoms with Gasteiger partial charge in [-0.1, -0.05) is 36.4 Å². The zero-order valence-corrected chi connectivity index (χ0v) is 21.7. The first-order valence-electron chi connectivity index (χ1n) is 12.6. The van der Waals surface area contributed by atoms with E-state index in [1.165, 1.54) is 11.1 Å². The van der Waals surface area contributed by atoms with Crippen molar-refractivity contribution in [3.8, 4) is 5.75 Å². The molecule has 0 aliphatic carbocycles. The topological polar surface area (TPSA) is 36.0 Å². The molecule has 3 atom stereocenters. The number of ether oxygens (including phenoxy) is 1. The molecule has 0 N–H and O–H groups in total. The van der Waals surface area contributed by atoms with Gasteiger partial charge >= 0.3 is 0 Å². The third-order valence-electron chi connectivity index (χ3n) is 7.00. The van der Waals surface area contributed by atoms with E-state index in [9.17, 15) is 4.79 Å². The van der Waals surface area contributed by atoms with Crippen molar-refractivity contribution in [1.82, 2.24) is 14.7 Å². The van der Waals surface area contributed by atoms with Gasteiger partial charge in [-0.15, -0.1) is 0 Å². The third kappa shape index (κ3) is 5.89. The van der Waals surface area contributed by atoms with E-state index in [1.807, 2.05) is 36.9 Å². The molecule has 1 heterocycles. The lowest BCUT2D eigenvalue weighted by Crippen LogP contribution is -2.57. The fourth-order valence-electron chi connectivity index (χ4n) is 4.97. The molecule has 5 nitrogen and oxygen atoms in total. The van der Waals surface area contributed by atoms with Crippen LogP contribution in [0.5, 0.6) is 5.75 Å². The van der Waals surface area contributed by atoms with E-state index >= 15 is 0 Å². The molecule has 0 saturated carbocycles. The Labute approximate surface area is 206 Å². The normalized spacial score (nSPS) is 20.4. The van der Waals surface area contributed by atoms with Crippen LogP contribution in [0.15, 0.2) is 60.7 Å². The van der Waals surface area contributed by atoms with Gasteiger partial charge in [0, 0.05) is 50.4 Å². The van der Waals surface area contributed by atoms with Crippen LogP contribution in [0, 0.1) is 0 Å². The Bertz CT molecular complexity index is 952. The van der Waals surface area contributed by atoms with Gasteiger partial charge in [0.05, 0.1) is 13.2 Å². The summed E-state index contributed by atoms with van der Waals surface area (Å²) in [5.74, 6) is 0.956. The highest BCUT2D eigenvalue weighted by Gasteiger charge is 2.34. The highest BCUT2D eigenvalue weighted by molar-refractivity contribution is 5.94. The van der Waals surface area contributed by atoms with Gasteiger partial charge < -0.3 is 9.64 Å². The molecule has 1 fully saturated rings. The largest absolute Gasteiger partial charge is 0.497 e. The molecular formula is C29H41N3O2. The number of allylic oxidation sites excluding steroid dienone is 1. The molecule has 0 spiro atoms. The molecule has 0 radical (unpaired) electrons. The van der Waals surface area contributed by atoms with Crippen LogP contribution in [0.2, 0.25) is 0 Å². The lowest BCUT2D eigenvalue weighted by molar-refractivity contribution is 0.0305. The highest BCUT2D eigenvalue weighted by atomic mass is 16.5. The Hall–Kier alpha value is -2.63. The number of nitrogens with zero attached hydrogens (tertiary/aromatic N) is 3. The van der Waals surface area contributed by atoms with E-state index in [-0.39, 0.29) is 11.9 Å². The molecule has 1 saturated heterocycles. The van der Waals surface area contributed by atoms with Crippen molar-refractivity contribution < 1.29 is 9.53 Å². The van der Waals surface area contributed by atoms with Crippen molar-refractivity contribution in [3.05, 3.63) is 77.4 Å². The zero-order valence-electron chi connectivity index (χ0n) is 21.7. The number of carbonyl (C=O) groups is 1. The lowest BCUT2D eigenvalue weighted by atomic mass is 9.92. The first-order chi connectivity index (χ1) is 16.4. The van der Waals surface area contributed by atoms with Crippen LogP contribution >= 0.6 is 0 Å². The van der Waals surface area contributed by atoms with Crippen LogP contribution < -0.4 is 4.74 Å². The maximum atomic E-state index is 12.8. The minimum Gasteiger partial charge on any atom is -0.497 e. The summed E-state index contributed by atoms with van der Waals surface area (Å²) in [6.45, 7) is 15.2. The van der Waals surface area contributed by atoms with Gasteiger partial charge in [-0.2, -0.15) is 0 Å². The van der Waals surface area contributed by atoms with Gasteiger partial charge in [0.15, 0.2) is 0 Å². The van der Waals surface area contributed by atoms with Gasteiger partial charge in [-0.3, -0.25) is 14.6 Å². The summed E-state index contributed by atoms with van der Waals surface area (Å²) in [6.07, 6.45) is 4.37. The summed E-state index contributed by atoms with van der Waals surface area (Å²) >= 11 is 0. The van der Waals surface area contributed by atoms with E-state index in [2.05, 4.69) is 73.1 Å². The summed E-state index contributed by atoms with van der Waals surface area (Å²) in [4.78, 5) is 19.9. The molecule has 34 heavy (non-hydrogen) atoms. The van der Waals surface area contributed by atoms with Crippen molar-refractivity contribution in [2.75, 3.05) is 39.8 Å². The molecule has 1 aliphatic heterocycles. The highest BCUT2D eigenvalue weighted by Crippen LogP contribution is 2.35. The average molecular weight is 464 g/mol. The van der Waals surface area contributed by atoms with Crippen molar-refractivity contribution in [2.24, 2.45) is 0 Å². The van der Waals surface area contributed by atoms with E-state index in [0.717, 1.165) is 44.0 Å². The van der Waals surface area contributed by atoms with Crippen LogP contribution in [-0.2, 0) is 0 Å². The number of rotatable bonds is 9. The van der Waals surface area contributed by atoms with Gasteiger partial charge in [-0.05, 0) is 70.0 Å². The number of amides is 1. The van der Waals surface area contributed by atoms with Gasteiger partial charge in [0.1, 0.15) is 5.75 Å². The van der Waals surface area contributed by atoms with Gasteiger partial charge in [0.2, 0.25) is 0 Å². The predicted octanol–water partition coefficient (Wildman–Crippen LogP) is 5.24. The molecule has 0 unspecified atom stereocenters. The fraction of sp³-hybridized carbons (Fsp3) is 0.483. The third-order valence-corrected chi connectivity index (χ3v) is 7.00. The van der Waals surface area contributed by atoms with Crippen LogP contribution in [0.25, 0.3) is 0 Å².